The van der Waals surface area contributed by atoms with Gasteiger partial charge in [0.05, 0.1) is 16.4 Å². The van der Waals surface area contributed by atoms with Gasteiger partial charge < -0.3 is 9.30 Å². The molecule has 0 saturated heterocycles. The molecule has 1 heterocycles. The number of methoxy groups -OCH3 is 1. The van der Waals surface area contributed by atoms with Gasteiger partial charge in [-0.25, -0.2) is 4.98 Å². The maximum atomic E-state index is 6.22. The fourth-order valence-electron chi connectivity index (χ4n) is 2.03. The van der Waals surface area contributed by atoms with Crippen LogP contribution >= 0.6 is 34.2 Å². The third kappa shape index (κ3) is 2.97. The number of alkyl halides is 1. The van der Waals surface area contributed by atoms with Crippen molar-refractivity contribution < 1.29 is 4.74 Å². The van der Waals surface area contributed by atoms with Crippen LogP contribution in [0.25, 0.3) is 11.0 Å². The highest BCUT2D eigenvalue weighted by Crippen LogP contribution is 2.25. The molecule has 2 aromatic rings. The van der Waals surface area contributed by atoms with E-state index in [2.05, 4.69) is 50.3 Å². The number of rotatable bonds is 5. The number of ether oxygens (including phenoxy) is 1. The molecule has 3 nitrogen and oxygen atoms in total. The van der Waals surface area contributed by atoms with Crippen LogP contribution in [0.2, 0.25) is 0 Å². The molecule has 2 rings (SSSR count). The first-order valence-corrected chi connectivity index (χ1v) is 7.43. The second-order valence-electron chi connectivity index (χ2n) is 4.22. The minimum atomic E-state index is -0.0855. The van der Waals surface area contributed by atoms with Crippen molar-refractivity contribution in [2.75, 3.05) is 13.7 Å². The molecule has 0 N–H and O–H groups in total. The molecule has 0 aliphatic carbocycles. The Hall–Kier alpha value is -0.330. The Morgan fingerprint density at radius 2 is 2.28 bits per heavy atom. The van der Waals surface area contributed by atoms with Crippen LogP contribution in [0.15, 0.2) is 18.2 Å². The van der Waals surface area contributed by atoms with Crippen molar-refractivity contribution in [3.8, 4) is 0 Å². The predicted molar refractivity (Wildman–Crippen MR) is 83.2 cm³/mol. The summed E-state index contributed by atoms with van der Waals surface area (Å²) in [5.41, 5.74) is 2.16. The third-order valence-corrected chi connectivity index (χ3v) is 3.69. The summed E-state index contributed by atoms with van der Waals surface area (Å²) in [7, 11) is 1.72. The largest absolute Gasteiger partial charge is 0.385 e. The van der Waals surface area contributed by atoms with Crippen molar-refractivity contribution in [2.45, 2.75) is 25.3 Å². The van der Waals surface area contributed by atoms with Crippen molar-refractivity contribution in [1.29, 1.82) is 0 Å². The van der Waals surface area contributed by atoms with Crippen LogP contribution in [0.3, 0.4) is 0 Å². The van der Waals surface area contributed by atoms with Gasteiger partial charge in [-0.2, -0.15) is 0 Å². The van der Waals surface area contributed by atoms with Crippen LogP contribution in [0.5, 0.6) is 0 Å². The van der Waals surface area contributed by atoms with E-state index in [-0.39, 0.29) is 5.38 Å². The van der Waals surface area contributed by atoms with Gasteiger partial charge in [-0.1, -0.05) is 0 Å². The summed E-state index contributed by atoms with van der Waals surface area (Å²) in [6, 6.07) is 6.30. The molecular weight excluding hydrogens is 363 g/mol. The van der Waals surface area contributed by atoms with Crippen molar-refractivity contribution in [1.82, 2.24) is 9.55 Å². The van der Waals surface area contributed by atoms with Crippen LogP contribution in [0, 0.1) is 3.57 Å². The zero-order valence-corrected chi connectivity index (χ0v) is 13.4. The van der Waals surface area contributed by atoms with Crippen molar-refractivity contribution in [3.63, 3.8) is 0 Å². The van der Waals surface area contributed by atoms with Gasteiger partial charge in [0.1, 0.15) is 5.82 Å². The zero-order chi connectivity index (χ0) is 13.1. The van der Waals surface area contributed by atoms with E-state index in [1.165, 1.54) is 3.57 Å². The monoisotopic (exact) mass is 378 g/mol. The highest BCUT2D eigenvalue weighted by Gasteiger charge is 2.14. The van der Waals surface area contributed by atoms with E-state index in [4.69, 9.17) is 16.3 Å². The van der Waals surface area contributed by atoms with Crippen molar-refractivity contribution in [3.05, 3.63) is 27.6 Å². The maximum absolute atomic E-state index is 6.22. The molecular formula is C13H16ClIN2O. The second-order valence-corrected chi connectivity index (χ2v) is 6.12. The number of hydrogen-bond acceptors (Lipinski definition) is 2. The summed E-state index contributed by atoms with van der Waals surface area (Å²) >= 11 is 8.51. The van der Waals surface area contributed by atoms with Gasteiger partial charge in [0.2, 0.25) is 0 Å². The van der Waals surface area contributed by atoms with Crippen molar-refractivity contribution in [2.24, 2.45) is 0 Å². The Balaban J connectivity index is 2.42. The van der Waals surface area contributed by atoms with E-state index in [1.807, 2.05) is 6.92 Å². The van der Waals surface area contributed by atoms with Crippen LogP contribution in [-0.2, 0) is 11.3 Å². The molecule has 0 radical (unpaired) electrons. The molecule has 0 fully saturated rings. The fraction of sp³-hybridized carbons (Fsp3) is 0.462. The number of aryl methyl sites for hydroxylation is 1. The summed E-state index contributed by atoms with van der Waals surface area (Å²) in [6.45, 7) is 3.60. The molecule has 18 heavy (non-hydrogen) atoms. The Morgan fingerprint density at radius 1 is 1.50 bits per heavy atom. The van der Waals surface area contributed by atoms with Crippen LogP contribution < -0.4 is 0 Å². The number of aromatic nitrogens is 2. The van der Waals surface area contributed by atoms with E-state index >= 15 is 0 Å². The van der Waals surface area contributed by atoms with Crippen LogP contribution in [0.1, 0.15) is 24.5 Å². The summed E-state index contributed by atoms with van der Waals surface area (Å²) in [5, 5.41) is -0.0855. The topological polar surface area (TPSA) is 27.1 Å². The first-order valence-electron chi connectivity index (χ1n) is 5.92. The summed E-state index contributed by atoms with van der Waals surface area (Å²) in [5.74, 6) is 0.935. The smallest absolute Gasteiger partial charge is 0.127 e. The lowest BCUT2D eigenvalue weighted by Gasteiger charge is -2.10. The van der Waals surface area contributed by atoms with E-state index in [1.54, 1.807) is 7.11 Å². The SMILES string of the molecule is COCCCn1c(C(C)Cl)nc2cc(I)ccc21. The standard InChI is InChI=1S/C13H16ClIN2O/c1-9(14)13-16-11-8-10(15)4-5-12(11)17(13)6-3-7-18-2/h4-5,8-9H,3,6-7H2,1-2H3. The molecule has 1 aromatic carbocycles. The van der Waals surface area contributed by atoms with Crippen LogP contribution in [0.4, 0.5) is 0 Å². The first kappa shape index (κ1) is 14.1. The summed E-state index contributed by atoms with van der Waals surface area (Å²) < 4.78 is 8.49. The number of benzene rings is 1. The Morgan fingerprint density at radius 3 is 2.94 bits per heavy atom. The minimum Gasteiger partial charge on any atom is -0.385 e. The van der Waals surface area contributed by atoms with Gasteiger partial charge in [-0.15, -0.1) is 11.6 Å². The van der Waals surface area contributed by atoms with Crippen molar-refractivity contribution >= 4 is 45.2 Å². The predicted octanol–water partition coefficient (Wildman–Crippen LogP) is 3.98. The average Bonchev–Trinajstić information content (AvgIpc) is 2.68. The molecule has 1 unspecified atom stereocenters. The molecule has 0 saturated carbocycles. The van der Waals surface area contributed by atoms with E-state index in [9.17, 15) is 0 Å². The van der Waals surface area contributed by atoms with E-state index in [0.717, 1.165) is 36.4 Å². The van der Waals surface area contributed by atoms with Gasteiger partial charge in [-0.05, 0) is 54.1 Å². The minimum absolute atomic E-state index is 0.0855. The van der Waals surface area contributed by atoms with Gasteiger partial charge in [0.25, 0.3) is 0 Å². The van der Waals surface area contributed by atoms with Gasteiger partial charge in [-0.3, -0.25) is 0 Å². The second kappa shape index (κ2) is 6.21. The van der Waals surface area contributed by atoms with Crippen LogP contribution in [-0.4, -0.2) is 23.3 Å². The van der Waals surface area contributed by atoms with Gasteiger partial charge in [0, 0.05) is 23.8 Å². The number of hydrogen-bond donors (Lipinski definition) is 0. The van der Waals surface area contributed by atoms with Gasteiger partial charge >= 0.3 is 0 Å². The van der Waals surface area contributed by atoms with E-state index in [0.29, 0.717) is 0 Å². The average molecular weight is 379 g/mol. The Kier molecular flexibility index (Phi) is 4.86. The molecule has 5 heteroatoms. The van der Waals surface area contributed by atoms with E-state index < -0.39 is 0 Å². The quantitative estimate of drug-likeness (QED) is 0.447. The lowest BCUT2D eigenvalue weighted by Crippen LogP contribution is -2.06. The lowest BCUT2D eigenvalue weighted by molar-refractivity contribution is 0.190. The molecule has 0 aliphatic rings. The third-order valence-electron chi connectivity index (χ3n) is 2.83. The molecule has 0 aliphatic heterocycles. The molecule has 1 atom stereocenters. The summed E-state index contributed by atoms with van der Waals surface area (Å²) in [4.78, 5) is 4.64. The molecule has 0 bridgehead atoms. The number of nitrogens with zero attached hydrogens (tertiary/aromatic N) is 2. The zero-order valence-electron chi connectivity index (χ0n) is 10.5. The molecule has 0 spiro atoms. The summed E-state index contributed by atoms with van der Waals surface area (Å²) in [6.07, 6.45) is 0.963. The number of halogens is 2. The lowest BCUT2D eigenvalue weighted by atomic mass is 10.3. The molecule has 1 aromatic heterocycles. The van der Waals surface area contributed by atoms with Gasteiger partial charge in [0.15, 0.2) is 0 Å². The Labute approximate surface area is 126 Å². The molecule has 0 amide bonds. The highest BCUT2D eigenvalue weighted by molar-refractivity contribution is 14.1. The first-order chi connectivity index (χ1) is 8.63. The molecule has 98 valence electrons. The normalized spacial score (nSPS) is 13.1. The maximum Gasteiger partial charge on any atom is 0.127 e. The number of imidazole rings is 1. The fourth-order valence-corrected chi connectivity index (χ4v) is 2.67. The number of fused-ring (bicyclic) bond motifs is 1. The highest BCUT2D eigenvalue weighted by atomic mass is 127. The Bertz CT molecular complexity index is 539.